The number of methoxy groups -OCH3 is 1. The molecule has 5 nitrogen and oxygen atoms in total. The summed E-state index contributed by atoms with van der Waals surface area (Å²) >= 11 is 0. The number of carbonyl (C=O) groups excluding carboxylic acids is 1. The number of aromatic nitrogens is 1. The molecule has 1 amide bonds. The van der Waals surface area contributed by atoms with E-state index >= 15 is 0 Å². The maximum absolute atomic E-state index is 13.2. The van der Waals surface area contributed by atoms with Crippen molar-refractivity contribution in [2.45, 2.75) is 39.4 Å². The molecule has 1 aromatic carbocycles. The van der Waals surface area contributed by atoms with Crippen LogP contribution in [-0.4, -0.2) is 46.9 Å². The van der Waals surface area contributed by atoms with Gasteiger partial charge in [0.2, 0.25) is 5.91 Å². The summed E-state index contributed by atoms with van der Waals surface area (Å²) in [6.45, 7) is 6.95. The van der Waals surface area contributed by atoms with Crippen molar-refractivity contribution in [3.8, 4) is 5.75 Å². The quantitative estimate of drug-likeness (QED) is 0.764. The number of halogens is 1. The third-order valence-electron chi connectivity index (χ3n) is 5.25. The van der Waals surface area contributed by atoms with E-state index in [2.05, 4.69) is 23.7 Å². The molecule has 0 radical (unpaired) electrons. The van der Waals surface area contributed by atoms with Crippen molar-refractivity contribution in [2.75, 3.05) is 20.2 Å². The maximum Gasteiger partial charge on any atom is 0.224 e. The number of ether oxygens (including phenoxy) is 1. The molecule has 2 aromatic rings. The molecule has 0 aliphatic carbocycles. The Morgan fingerprint density at radius 3 is 2.64 bits per heavy atom. The predicted molar refractivity (Wildman–Crippen MR) is 106 cm³/mol. The van der Waals surface area contributed by atoms with E-state index in [-0.39, 0.29) is 17.8 Å². The molecule has 0 bridgehead atoms. The Kier molecular flexibility index (Phi) is 6.62. The third-order valence-corrected chi connectivity index (χ3v) is 5.25. The van der Waals surface area contributed by atoms with Crippen molar-refractivity contribution >= 4 is 5.91 Å². The largest absolute Gasteiger partial charge is 0.497 e. The summed E-state index contributed by atoms with van der Waals surface area (Å²) in [5.41, 5.74) is 1.88. The van der Waals surface area contributed by atoms with Gasteiger partial charge >= 0.3 is 0 Å². The predicted octanol–water partition coefficient (Wildman–Crippen LogP) is 3.49. The van der Waals surface area contributed by atoms with Gasteiger partial charge in [-0.3, -0.25) is 14.7 Å². The van der Waals surface area contributed by atoms with Gasteiger partial charge in [0.1, 0.15) is 11.6 Å². The van der Waals surface area contributed by atoms with Gasteiger partial charge in [-0.15, -0.1) is 0 Å². The van der Waals surface area contributed by atoms with Crippen molar-refractivity contribution < 1.29 is 13.9 Å². The molecule has 0 N–H and O–H groups in total. The van der Waals surface area contributed by atoms with Crippen LogP contribution in [0.25, 0.3) is 0 Å². The highest BCUT2D eigenvalue weighted by molar-refractivity contribution is 5.77. The van der Waals surface area contributed by atoms with E-state index in [1.165, 1.54) is 12.1 Å². The summed E-state index contributed by atoms with van der Waals surface area (Å²) in [4.78, 5) is 21.6. The van der Waals surface area contributed by atoms with Gasteiger partial charge in [0, 0.05) is 50.9 Å². The van der Waals surface area contributed by atoms with E-state index < -0.39 is 0 Å². The van der Waals surface area contributed by atoms with Crippen molar-refractivity contribution in [1.82, 2.24) is 14.8 Å². The molecule has 28 heavy (non-hydrogen) atoms. The van der Waals surface area contributed by atoms with Crippen LogP contribution in [0.2, 0.25) is 0 Å². The molecule has 1 aromatic heterocycles. The number of hydrogen-bond donors (Lipinski definition) is 0. The van der Waals surface area contributed by atoms with E-state index in [1.54, 1.807) is 25.4 Å². The highest BCUT2D eigenvalue weighted by Crippen LogP contribution is 2.22. The lowest BCUT2D eigenvalue weighted by molar-refractivity contribution is -0.134. The summed E-state index contributed by atoms with van der Waals surface area (Å²) in [5.74, 6) is 0.977. The Bertz CT molecular complexity index is 795. The zero-order valence-electron chi connectivity index (χ0n) is 16.8. The fourth-order valence-electron chi connectivity index (χ4n) is 3.64. The molecule has 1 atom stereocenters. The second-order valence-electron chi connectivity index (χ2n) is 7.63. The van der Waals surface area contributed by atoms with Gasteiger partial charge in [0.25, 0.3) is 0 Å². The lowest BCUT2D eigenvalue weighted by atomic mass is 10.0. The van der Waals surface area contributed by atoms with Crippen LogP contribution >= 0.6 is 0 Å². The highest BCUT2D eigenvalue weighted by Gasteiger charge is 2.31. The van der Waals surface area contributed by atoms with Crippen LogP contribution in [0.3, 0.4) is 0 Å². The highest BCUT2D eigenvalue weighted by atomic mass is 19.1. The molecule has 3 rings (SSSR count). The first-order valence-electron chi connectivity index (χ1n) is 9.71. The van der Waals surface area contributed by atoms with E-state index in [9.17, 15) is 9.18 Å². The fourth-order valence-corrected chi connectivity index (χ4v) is 3.64. The number of amides is 1. The Hall–Kier alpha value is -2.47. The molecular formula is C22H28FN3O2. The van der Waals surface area contributed by atoms with E-state index in [0.29, 0.717) is 32.0 Å². The van der Waals surface area contributed by atoms with Gasteiger partial charge < -0.3 is 9.64 Å². The molecule has 1 saturated heterocycles. The summed E-state index contributed by atoms with van der Waals surface area (Å²) < 4.78 is 18.5. The summed E-state index contributed by atoms with van der Waals surface area (Å²) in [7, 11) is 1.64. The number of pyridine rings is 1. The number of rotatable bonds is 6. The summed E-state index contributed by atoms with van der Waals surface area (Å²) in [6, 6.07) is 10.3. The average Bonchev–Trinajstić information content (AvgIpc) is 2.84. The normalized spacial score (nSPS) is 18.4. The molecule has 1 fully saturated rings. The van der Waals surface area contributed by atoms with Crippen LogP contribution in [0.15, 0.2) is 42.6 Å². The Morgan fingerprint density at radius 2 is 1.96 bits per heavy atom. The van der Waals surface area contributed by atoms with E-state index in [0.717, 1.165) is 23.6 Å². The van der Waals surface area contributed by atoms with Crippen molar-refractivity contribution in [3.63, 3.8) is 0 Å². The second-order valence-corrected chi connectivity index (χ2v) is 7.63. The molecule has 1 aliphatic heterocycles. The second kappa shape index (κ2) is 9.15. The van der Waals surface area contributed by atoms with E-state index in [4.69, 9.17) is 4.74 Å². The minimum atomic E-state index is -0.261. The monoisotopic (exact) mass is 385 g/mol. The molecule has 2 heterocycles. The van der Waals surface area contributed by atoms with Crippen LogP contribution in [0.4, 0.5) is 4.39 Å². The van der Waals surface area contributed by atoms with Crippen LogP contribution < -0.4 is 4.74 Å². The fraction of sp³-hybridized carbons (Fsp3) is 0.455. The molecule has 1 unspecified atom stereocenters. The van der Waals surface area contributed by atoms with Crippen LogP contribution in [0.5, 0.6) is 5.75 Å². The molecule has 0 saturated carbocycles. The van der Waals surface area contributed by atoms with Gasteiger partial charge in [0.05, 0.1) is 12.8 Å². The number of hydrogen-bond acceptors (Lipinski definition) is 4. The third kappa shape index (κ3) is 5.07. The number of carbonyl (C=O) groups is 1. The Labute approximate surface area is 166 Å². The minimum absolute atomic E-state index is 0.0886. The standard InChI is InChI=1S/C22H28FN3O2/c1-16(2)21-15-25(14-19-12-20(28-3)8-10-24-19)11-9-22(27)26(21)13-17-4-6-18(23)7-5-17/h4-8,10,12,16,21H,9,11,13-15H2,1-3H3. The van der Waals surface area contributed by atoms with Gasteiger partial charge in [-0.2, -0.15) is 0 Å². The van der Waals surface area contributed by atoms with Gasteiger partial charge in [-0.1, -0.05) is 26.0 Å². The summed E-state index contributed by atoms with van der Waals surface area (Å²) in [6.07, 6.45) is 2.21. The van der Waals surface area contributed by atoms with Crippen molar-refractivity contribution in [3.05, 3.63) is 59.7 Å². The first-order chi connectivity index (χ1) is 13.5. The minimum Gasteiger partial charge on any atom is -0.497 e. The van der Waals surface area contributed by atoms with Crippen LogP contribution in [-0.2, 0) is 17.9 Å². The van der Waals surface area contributed by atoms with Crippen molar-refractivity contribution in [2.24, 2.45) is 5.92 Å². The number of nitrogens with zero attached hydrogens (tertiary/aromatic N) is 3. The van der Waals surface area contributed by atoms with Gasteiger partial charge in [-0.25, -0.2) is 4.39 Å². The molecule has 6 heteroatoms. The topological polar surface area (TPSA) is 45.7 Å². The maximum atomic E-state index is 13.2. The first-order valence-corrected chi connectivity index (χ1v) is 9.71. The lowest BCUT2D eigenvalue weighted by Crippen LogP contribution is -2.45. The lowest BCUT2D eigenvalue weighted by Gasteiger charge is -2.34. The zero-order valence-corrected chi connectivity index (χ0v) is 16.8. The molecule has 0 spiro atoms. The van der Waals surface area contributed by atoms with Crippen molar-refractivity contribution in [1.29, 1.82) is 0 Å². The van der Waals surface area contributed by atoms with Gasteiger partial charge in [-0.05, 0) is 29.7 Å². The smallest absolute Gasteiger partial charge is 0.224 e. The van der Waals surface area contributed by atoms with Gasteiger partial charge in [0.15, 0.2) is 0 Å². The van der Waals surface area contributed by atoms with Crippen LogP contribution in [0.1, 0.15) is 31.5 Å². The first kappa shape index (κ1) is 20.3. The van der Waals surface area contributed by atoms with E-state index in [1.807, 2.05) is 17.0 Å². The molecular weight excluding hydrogens is 357 g/mol. The summed E-state index contributed by atoms with van der Waals surface area (Å²) in [5, 5.41) is 0. The molecule has 1 aliphatic rings. The zero-order chi connectivity index (χ0) is 20.1. The average molecular weight is 385 g/mol. The number of benzene rings is 1. The van der Waals surface area contributed by atoms with Crippen LogP contribution in [0, 0.1) is 11.7 Å². The Balaban J connectivity index is 1.76. The molecule has 150 valence electrons. The SMILES string of the molecule is COc1ccnc(CN2CCC(=O)N(Cc3ccc(F)cc3)C(C(C)C)C2)c1. The Morgan fingerprint density at radius 1 is 1.21 bits per heavy atom.